The van der Waals surface area contributed by atoms with Crippen molar-refractivity contribution >= 4 is 12.4 Å². The normalized spacial score (nSPS) is 16.7. The molecule has 1 heterocycles. The molecule has 118 valence electrons. The molecule has 3 rings (SSSR count). The number of nitrogens with zero attached hydrogens (tertiary/aromatic N) is 1. The van der Waals surface area contributed by atoms with Crippen molar-refractivity contribution in [2.45, 2.75) is 12.6 Å². The van der Waals surface area contributed by atoms with Crippen molar-refractivity contribution in [2.24, 2.45) is 0 Å². The van der Waals surface area contributed by atoms with E-state index in [9.17, 15) is 9.59 Å². The van der Waals surface area contributed by atoms with Crippen LogP contribution in [0.2, 0.25) is 0 Å². The van der Waals surface area contributed by atoms with Gasteiger partial charge in [-0.25, -0.2) is 4.79 Å². The molecule has 1 aliphatic rings. The molecule has 0 N–H and O–H groups in total. The van der Waals surface area contributed by atoms with E-state index in [1.807, 2.05) is 30.3 Å². The number of fused-ring (bicyclic) bond motifs is 1. The Morgan fingerprint density at radius 1 is 1.26 bits per heavy atom. The molecule has 0 unspecified atom stereocenters. The Kier molecular flexibility index (Phi) is 4.28. The summed E-state index contributed by atoms with van der Waals surface area (Å²) in [5, 5.41) is 0. The summed E-state index contributed by atoms with van der Waals surface area (Å²) in [7, 11) is 1.34. The summed E-state index contributed by atoms with van der Waals surface area (Å²) in [5.41, 5.74) is 2.27. The second-order valence-electron chi connectivity index (χ2n) is 5.37. The molecule has 1 atom stereocenters. The highest BCUT2D eigenvalue weighted by Gasteiger charge is 2.24. The second kappa shape index (κ2) is 6.52. The molecule has 0 saturated carbocycles. The van der Waals surface area contributed by atoms with Gasteiger partial charge in [0.15, 0.2) is 0 Å². The summed E-state index contributed by atoms with van der Waals surface area (Å²) in [6.45, 7) is 0.902. The van der Waals surface area contributed by atoms with Crippen molar-refractivity contribution in [3.63, 3.8) is 0 Å². The predicted molar refractivity (Wildman–Crippen MR) is 84.1 cm³/mol. The van der Waals surface area contributed by atoms with Gasteiger partial charge in [0.05, 0.1) is 19.2 Å². The molecule has 0 radical (unpaired) electrons. The maximum absolute atomic E-state index is 11.7. The van der Waals surface area contributed by atoms with Crippen LogP contribution in [0.25, 0.3) is 0 Å². The van der Waals surface area contributed by atoms with Crippen LogP contribution in [0.15, 0.2) is 48.5 Å². The van der Waals surface area contributed by atoms with Gasteiger partial charge in [0.25, 0.3) is 0 Å². The van der Waals surface area contributed by atoms with Gasteiger partial charge >= 0.3 is 5.97 Å². The number of hydrogen-bond acceptors (Lipinski definition) is 4. The number of rotatable bonds is 3. The first-order valence-corrected chi connectivity index (χ1v) is 7.33. The lowest BCUT2D eigenvalue weighted by Gasteiger charge is -2.20. The quantitative estimate of drug-likeness (QED) is 0.646. The van der Waals surface area contributed by atoms with Gasteiger partial charge in [0.1, 0.15) is 11.9 Å². The number of carbonyl (C=O) groups is 2. The number of benzene rings is 2. The van der Waals surface area contributed by atoms with Gasteiger partial charge in [0.2, 0.25) is 6.41 Å². The van der Waals surface area contributed by atoms with E-state index in [1.54, 1.807) is 23.1 Å². The van der Waals surface area contributed by atoms with E-state index in [1.165, 1.54) is 7.11 Å². The van der Waals surface area contributed by atoms with Crippen molar-refractivity contribution in [2.75, 3.05) is 13.7 Å². The lowest BCUT2D eigenvalue weighted by atomic mass is 10.1. The van der Waals surface area contributed by atoms with Crippen LogP contribution in [0.5, 0.6) is 5.75 Å². The lowest BCUT2D eigenvalue weighted by molar-refractivity contribution is -0.119. The smallest absolute Gasteiger partial charge is 0.337 e. The standard InChI is InChI=1S/C18H17NO4/c1-22-18(21)14-7-8-15-10-19(12-20)11-17(23-16(15)9-14)13-5-3-2-4-6-13/h2-9,12,17H,10-11H2,1H3/t17-/m0/s1. The Labute approximate surface area is 134 Å². The van der Waals surface area contributed by atoms with Gasteiger partial charge in [-0.2, -0.15) is 0 Å². The third kappa shape index (κ3) is 3.18. The van der Waals surface area contributed by atoms with Crippen LogP contribution in [0.4, 0.5) is 0 Å². The minimum absolute atomic E-state index is 0.282. The first kappa shape index (κ1) is 15.1. The molecule has 2 aromatic rings. The lowest BCUT2D eigenvalue weighted by Crippen LogP contribution is -2.26. The molecule has 23 heavy (non-hydrogen) atoms. The molecule has 5 nitrogen and oxygen atoms in total. The molecule has 0 spiro atoms. The summed E-state index contributed by atoms with van der Waals surface area (Å²) in [4.78, 5) is 24.7. The largest absolute Gasteiger partial charge is 0.483 e. The minimum atomic E-state index is -0.413. The Morgan fingerprint density at radius 3 is 2.74 bits per heavy atom. The van der Waals surface area contributed by atoms with Gasteiger partial charge < -0.3 is 14.4 Å². The van der Waals surface area contributed by atoms with Crippen LogP contribution in [-0.2, 0) is 16.1 Å². The maximum atomic E-state index is 11.7. The summed E-state index contributed by atoms with van der Waals surface area (Å²) >= 11 is 0. The van der Waals surface area contributed by atoms with Crippen LogP contribution in [-0.4, -0.2) is 30.9 Å². The van der Waals surface area contributed by atoms with E-state index in [4.69, 9.17) is 9.47 Å². The highest BCUT2D eigenvalue weighted by atomic mass is 16.5. The summed E-state index contributed by atoms with van der Waals surface area (Å²) in [6, 6.07) is 14.9. The fourth-order valence-electron chi connectivity index (χ4n) is 2.65. The van der Waals surface area contributed by atoms with Gasteiger partial charge in [0, 0.05) is 12.1 Å². The molecule has 1 aliphatic heterocycles. The first-order valence-electron chi connectivity index (χ1n) is 7.33. The van der Waals surface area contributed by atoms with E-state index < -0.39 is 5.97 Å². The Balaban J connectivity index is 1.99. The Morgan fingerprint density at radius 2 is 2.04 bits per heavy atom. The molecule has 1 amide bonds. The SMILES string of the molecule is COC(=O)c1ccc2c(c1)O[C@H](c1ccccc1)CN(C=O)C2. The highest BCUT2D eigenvalue weighted by Crippen LogP contribution is 2.31. The summed E-state index contributed by atoms with van der Waals surface area (Å²) in [5.74, 6) is 0.190. The molecule has 0 aliphatic carbocycles. The van der Waals surface area contributed by atoms with E-state index in [2.05, 4.69) is 0 Å². The topological polar surface area (TPSA) is 55.8 Å². The van der Waals surface area contributed by atoms with Crippen LogP contribution in [0.1, 0.15) is 27.6 Å². The zero-order valence-corrected chi connectivity index (χ0v) is 12.8. The molecule has 0 fully saturated rings. The zero-order valence-electron chi connectivity index (χ0n) is 12.8. The summed E-state index contributed by atoms with van der Waals surface area (Å²) < 4.78 is 10.9. The molecule has 0 aromatic heterocycles. The van der Waals surface area contributed by atoms with Crippen molar-refractivity contribution in [1.82, 2.24) is 4.90 Å². The average molecular weight is 311 g/mol. The molecule has 5 heteroatoms. The van der Waals surface area contributed by atoms with E-state index in [0.717, 1.165) is 17.5 Å². The van der Waals surface area contributed by atoms with Crippen LogP contribution < -0.4 is 4.74 Å². The summed E-state index contributed by atoms with van der Waals surface area (Å²) in [6.07, 6.45) is 0.540. The van der Waals surface area contributed by atoms with E-state index >= 15 is 0 Å². The van der Waals surface area contributed by atoms with Crippen molar-refractivity contribution < 1.29 is 19.1 Å². The maximum Gasteiger partial charge on any atom is 0.337 e. The molecule has 2 aromatic carbocycles. The average Bonchev–Trinajstić information content (AvgIpc) is 2.80. The molecular weight excluding hydrogens is 294 g/mol. The number of esters is 1. The van der Waals surface area contributed by atoms with Gasteiger partial charge in [-0.15, -0.1) is 0 Å². The number of methoxy groups -OCH3 is 1. The van der Waals surface area contributed by atoms with Gasteiger partial charge in [-0.1, -0.05) is 36.4 Å². The van der Waals surface area contributed by atoms with Crippen LogP contribution in [0.3, 0.4) is 0 Å². The number of ether oxygens (including phenoxy) is 2. The van der Waals surface area contributed by atoms with Crippen molar-refractivity contribution in [3.8, 4) is 5.75 Å². The van der Waals surface area contributed by atoms with Crippen LogP contribution in [0, 0.1) is 0 Å². The monoisotopic (exact) mass is 311 g/mol. The third-order valence-corrected chi connectivity index (χ3v) is 3.85. The van der Waals surface area contributed by atoms with Crippen LogP contribution >= 0.6 is 0 Å². The Bertz CT molecular complexity index is 714. The Hall–Kier alpha value is -2.82. The van der Waals surface area contributed by atoms with Crippen molar-refractivity contribution in [1.29, 1.82) is 0 Å². The highest BCUT2D eigenvalue weighted by molar-refractivity contribution is 5.90. The predicted octanol–water partition coefficient (Wildman–Crippen LogP) is 2.57. The fourth-order valence-corrected chi connectivity index (χ4v) is 2.65. The minimum Gasteiger partial charge on any atom is -0.483 e. The van der Waals surface area contributed by atoms with Gasteiger partial charge in [-0.05, 0) is 17.7 Å². The fraction of sp³-hybridized carbons (Fsp3) is 0.222. The van der Waals surface area contributed by atoms with E-state index in [0.29, 0.717) is 24.4 Å². The number of hydrogen-bond donors (Lipinski definition) is 0. The number of amides is 1. The number of carbonyl (C=O) groups excluding carboxylic acids is 2. The first-order chi connectivity index (χ1) is 11.2. The molecular formula is C18H17NO4. The van der Waals surface area contributed by atoms with Gasteiger partial charge in [-0.3, -0.25) is 4.79 Å². The second-order valence-corrected chi connectivity index (χ2v) is 5.37. The van der Waals surface area contributed by atoms with Crippen molar-refractivity contribution in [3.05, 3.63) is 65.2 Å². The molecule has 0 saturated heterocycles. The molecule has 0 bridgehead atoms. The van der Waals surface area contributed by atoms with E-state index in [-0.39, 0.29) is 6.10 Å². The zero-order chi connectivity index (χ0) is 16.2. The third-order valence-electron chi connectivity index (χ3n) is 3.85.